The van der Waals surface area contributed by atoms with E-state index >= 15 is 0 Å². The maximum absolute atomic E-state index is 12.5. The lowest BCUT2D eigenvalue weighted by molar-refractivity contribution is -0.147. The Hall–Kier alpha value is -2.57. The molecule has 1 heterocycles. The molecule has 0 spiro atoms. The highest BCUT2D eigenvalue weighted by Gasteiger charge is 2.42. The van der Waals surface area contributed by atoms with Gasteiger partial charge in [-0.05, 0) is 50.8 Å². The van der Waals surface area contributed by atoms with Gasteiger partial charge in [-0.15, -0.1) is 0 Å². The van der Waals surface area contributed by atoms with E-state index in [4.69, 9.17) is 0 Å². The van der Waals surface area contributed by atoms with E-state index in [1.165, 1.54) is 4.90 Å². The minimum Gasteiger partial charge on any atom is -0.481 e. The van der Waals surface area contributed by atoms with E-state index < -0.39 is 11.4 Å². The Morgan fingerprint density at radius 3 is 2.56 bits per heavy atom. The SMILES string of the molecule is Cc1ccc(NC(=O)C2CC2)cc1NC(=O)N1CCC(C)(C(=O)O)C1. The number of carbonyl (C=O) groups is 3. The highest BCUT2D eigenvalue weighted by Crippen LogP contribution is 2.32. The minimum atomic E-state index is -0.896. The Morgan fingerprint density at radius 2 is 1.96 bits per heavy atom. The molecule has 0 bridgehead atoms. The summed E-state index contributed by atoms with van der Waals surface area (Å²) in [6.45, 7) is 4.12. The zero-order valence-corrected chi connectivity index (χ0v) is 14.5. The van der Waals surface area contributed by atoms with Crippen molar-refractivity contribution < 1.29 is 19.5 Å². The summed E-state index contributed by atoms with van der Waals surface area (Å²) < 4.78 is 0. The molecule has 1 aromatic rings. The van der Waals surface area contributed by atoms with E-state index in [-0.39, 0.29) is 24.4 Å². The number of nitrogens with zero attached hydrogens (tertiary/aromatic N) is 1. The third-order valence-corrected chi connectivity index (χ3v) is 4.97. The quantitative estimate of drug-likeness (QED) is 0.781. The molecule has 25 heavy (non-hydrogen) atoms. The summed E-state index contributed by atoms with van der Waals surface area (Å²) in [7, 11) is 0. The molecule has 1 saturated heterocycles. The van der Waals surface area contributed by atoms with Gasteiger partial charge in [-0.2, -0.15) is 0 Å². The molecule has 0 aromatic heterocycles. The number of likely N-dealkylation sites (tertiary alicyclic amines) is 1. The second-order valence-electron chi connectivity index (χ2n) is 7.26. The van der Waals surface area contributed by atoms with Crippen LogP contribution in [0.25, 0.3) is 0 Å². The van der Waals surface area contributed by atoms with Crippen molar-refractivity contribution in [3.05, 3.63) is 23.8 Å². The monoisotopic (exact) mass is 345 g/mol. The number of nitrogens with one attached hydrogen (secondary N) is 2. The molecule has 1 aliphatic heterocycles. The molecule has 7 heteroatoms. The predicted molar refractivity (Wildman–Crippen MR) is 93.5 cm³/mol. The van der Waals surface area contributed by atoms with Gasteiger partial charge in [0.05, 0.1) is 5.41 Å². The lowest BCUT2D eigenvalue weighted by Gasteiger charge is -2.21. The predicted octanol–water partition coefficient (Wildman–Crippen LogP) is 2.67. The first-order chi connectivity index (χ1) is 11.8. The van der Waals surface area contributed by atoms with Crippen LogP contribution in [0.15, 0.2) is 18.2 Å². The standard InChI is InChI=1S/C18H23N3O4/c1-11-3-6-13(19-15(22)12-4-5-12)9-14(11)20-17(25)21-8-7-18(2,10-21)16(23)24/h3,6,9,12H,4-5,7-8,10H2,1-2H3,(H,19,22)(H,20,25)(H,23,24). The maximum Gasteiger partial charge on any atom is 0.321 e. The third kappa shape index (κ3) is 3.75. The number of benzene rings is 1. The van der Waals surface area contributed by atoms with Gasteiger partial charge >= 0.3 is 12.0 Å². The Kier molecular flexibility index (Phi) is 4.41. The minimum absolute atomic E-state index is 0.0119. The molecule has 2 fully saturated rings. The molecule has 0 radical (unpaired) electrons. The Labute approximate surface area is 146 Å². The molecule has 1 atom stereocenters. The van der Waals surface area contributed by atoms with Crippen LogP contribution in [0.2, 0.25) is 0 Å². The smallest absolute Gasteiger partial charge is 0.321 e. The lowest BCUT2D eigenvalue weighted by atomic mass is 9.90. The van der Waals surface area contributed by atoms with Crippen molar-refractivity contribution in [1.29, 1.82) is 0 Å². The van der Waals surface area contributed by atoms with Crippen LogP contribution in [0.5, 0.6) is 0 Å². The molecule has 134 valence electrons. The maximum atomic E-state index is 12.5. The van der Waals surface area contributed by atoms with Crippen molar-refractivity contribution in [3.63, 3.8) is 0 Å². The van der Waals surface area contributed by atoms with Gasteiger partial charge in [0.25, 0.3) is 0 Å². The molecule has 3 amide bonds. The van der Waals surface area contributed by atoms with Crippen molar-refractivity contribution in [2.45, 2.75) is 33.1 Å². The van der Waals surface area contributed by atoms with Gasteiger partial charge in [-0.1, -0.05) is 6.07 Å². The summed E-state index contributed by atoms with van der Waals surface area (Å²) >= 11 is 0. The zero-order valence-electron chi connectivity index (χ0n) is 14.5. The van der Waals surface area contributed by atoms with Crippen LogP contribution < -0.4 is 10.6 Å². The summed E-state index contributed by atoms with van der Waals surface area (Å²) in [6.07, 6.45) is 2.30. The molecular weight excluding hydrogens is 322 g/mol. The first kappa shape index (κ1) is 17.3. The normalized spacial score (nSPS) is 22.6. The third-order valence-electron chi connectivity index (χ3n) is 4.97. The molecular formula is C18H23N3O4. The average molecular weight is 345 g/mol. The number of carbonyl (C=O) groups excluding carboxylic acids is 2. The van der Waals surface area contributed by atoms with Crippen molar-refractivity contribution in [3.8, 4) is 0 Å². The first-order valence-corrected chi connectivity index (χ1v) is 8.49. The van der Waals surface area contributed by atoms with Crippen LogP contribution in [0, 0.1) is 18.3 Å². The van der Waals surface area contributed by atoms with Gasteiger partial charge in [0.1, 0.15) is 0 Å². The highest BCUT2D eigenvalue weighted by atomic mass is 16.4. The van der Waals surface area contributed by atoms with Crippen molar-refractivity contribution >= 4 is 29.3 Å². The Balaban J connectivity index is 1.66. The van der Waals surface area contributed by atoms with E-state index in [0.717, 1.165) is 18.4 Å². The Bertz CT molecular complexity index is 729. The number of urea groups is 1. The summed E-state index contributed by atoms with van der Waals surface area (Å²) in [5, 5.41) is 15.0. The molecule has 3 N–H and O–H groups in total. The number of carboxylic acid groups (broad SMARTS) is 1. The molecule has 2 aliphatic rings. The van der Waals surface area contributed by atoms with Gasteiger partial charge in [-0.25, -0.2) is 4.79 Å². The topological polar surface area (TPSA) is 98.7 Å². The van der Waals surface area contributed by atoms with Gasteiger partial charge in [0, 0.05) is 30.4 Å². The van der Waals surface area contributed by atoms with Gasteiger partial charge in [-0.3, -0.25) is 9.59 Å². The summed E-state index contributed by atoms with van der Waals surface area (Å²) in [6, 6.07) is 5.06. The first-order valence-electron chi connectivity index (χ1n) is 8.49. The summed E-state index contributed by atoms with van der Waals surface area (Å²) in [5.74, 6) is -0.765. The number of hydrogen-bond acceptors (Lipinski definition) is 3. The number of aliphatic carboxylic acids is 1. The summed E-state index contributed by atoms with van der Waals surface area (Å²) in [4.78, 5) is 37.2. The fraction of sp³-hybridized carbons (Fsp3) is 0.500. The van der Waals surface area contributed by atoms with E-state index in [9.17, 15) is 19.5 Å². The average Bonchev–Trinajstić information content (AvgIpc) is 3.33. The van der Waals surface area contributed by atoms with Crippen LogP contribution in [0.4, 0.5) is 16.2 Å². The number of aryl methyl sites for hydroxylation is 1. The molecule has 1 saturated carbocycles. The fourth-order valence-corrected chi connectivity index (χ4v) is 2.93. The summed E-state index contributed by atoms with van der Waals surface area (Å²) in [5.41, 5.74) is 1.24. The molecule has 1 aliphatic carbocycles. The van der Waals surface area contributed by atoms with Crippen LogP contribution in [0.1, 0.15) is 31.7 Å². The van der Waals surface area contributed by atoms with Gasteiger partial charge < -0.3 is 20.6 Å². The van der Waals surface area contributed by atoms with Crippen LogP contribution in [0.3, 0.4) is 0 Å². The van der Waals surface area contributed by atoms with E-state index in [0.29, 0.717) is 24.3 Å². The largest absolute Gasteiger partial charge is 0.481 e. The number of hydrogen-bond donors (Lipinski definition) is 3. The zero-order chi connectivity index (χ0) is 18.2. The molecule has 7 nitrogen and oxygen atoms in total. The second kappa shape index (κ2) is 6.38. The van der Waals surface area contributed by atoms with Crippen molar-refractivity contribution in [2.24, 2.45) is 11.3 Å². The lowest BCUT2D eigenvalue weighted by Crippen LogP contribution is -2.37. The van der Waals surface area contributed by atoms with Crippen LogP contribution >= 0.6 is 0 Å². The Morgan fingerprint density at radius 1 is 1.24 bits per heavy atom. The fourth-order valence-electron chi connectivity index (χ4n) is 2.93. The van der Waals surface area contributed by atoms with E-state index in [1.54, 1.807) is 13.0 Å². The number of anilines is 2. The second-order valence-corrected chi connectivity index (χ2v) is 7.26. The van der Waals surface area contributed by atoms with E-state index in [2.05, 4.69) is 10.6 Å². The van der Waals surface area contributed by atoms with Crippen LogP contribution in [-0.2, 0) is 9.59 Å². The van der Waals surface area contributed by atoms with Crippen molar-refractivity contribution in [2.75, 3.05) is 23.7 Å². The highest BCUT2D eigenvalue weighted by molar-refractivity contribution is 5.96. The van der Waals surface area contributed by atoms with Crippen molar-refractivity contribution in [1.82, 2.24) is 4.90 Å². The number of carboxylic acids is 1. The molecule has 3 rings (SSSR count). The van der Waals surface area contributed by atoms with Gasteiger partial charge in [0.2, 0.25) is 5.91 Å². The number of amides is 3. The van der Waals surface area contributed by atoms with Gasteiger partial charge in [0.15, 0.2) is 0 Å². The van der Waals surface area contributed by atoms with E-state index in [1.807, 2.05) is 19.1 Å². The number of rotatable bonds is 4. The van der Waals surface area contributed by atoms with Crippen LogP contribution in [-0.4, -0.2) is 41.0 Å². The molecule has 1 aromatic carbocycles. The molecule has 1 unspecified atom stereocenters.